The van der Waals surface area contributed by atoms with Crippen LogP contribution in [0.2, 0.25) is 0 Å². The molecule has 34 heavy (non-hydrogen) atoms. The van der Waals surface area contributed by atoms with Crippen LogP contribution in [0.5, 0.6) is 5.75 Å². The molecule has 3 aliphatic rings. The Kier molecular flexibility index (Phi) is 6.34. The second-order valence-electron chi connectivity index (χ2n) is 11.1. The molecule has 184 valence electrons. The highest BCUT2D eigenvalue weighted by molar-refractivity contribution is 6.23. The molecule has 3 fully saturated rings. The van der Waals surface area contributed by atoms with Crippen LogP contribution in [0, 0.1) is 16.7 Å². The Morgan fingerprint density at radius 2 is 1.50 bits per heavy atom. The van der Waals surface area contributed by atoms with E-state index < -0.39 is 12.0 Å². The first-order chi connectivity index (χ1) is 16.0. The molecule has 7 heteroatoms. The number of carbonyl (C=O) groups excluding carboxylic acids is 4. The fraction of sp³-hybridized carbons (Fsp3) is 0.630. The van der Waals surface area contributed by atoms with E-state index in [9.17, 15) is 19.2 Å². The maximum atomic E-state index is 14.0. The van der Waals surface area contributed by atoms with Gasteiger partial charge in [-0.2, -0.15) is 0 Å². The Hall–Kier alpha value is -2.70. The summed E-state index contributed by atoms with van der Waals surface area (Å²) in [7, 11) is 0. The Morgan fingerprint density at radius 1 is 0.941 bits per heavy atom. The van der Waals surface area contributed by atoms with E-state index >= 15 is 0 Å². The van der Waals surface area contributed by atoms with E-state index in [-0.39, 0.29) is 46.9 Å². The summed E-state index contributed by atoms with van der Waals surface area (Å²) in [4.78, 5) is 54.9. The molecule has 1 unspecified atom stereocenters. The number of ether oxygens (including phenoxy) is 1. The first-order valence-corrected chi connectivity index (χ1v) is 12.4. The second-order valence-corrected chi connectivity index (χ2v) is 11.1. The molecule has 2 aliphatic carbocycles. The van der Waals surface area contributed by atoms with E-state index in [0.717, 1.165) is 38.5 Å². The molecule has 1 atom stereocenters. The van der Waals surface area contributed by atoms with Gasteiger partial charge in [-0.05, 0) is 47.9 Å². The highest BCUT2D eigenvalue weighted by Gasteiger charge is 2.69. The number of esters is 1. The third-order valence-corrected chi connectivity index (χ3v) is 8.56. The molecule has 0 radical (unpaired) electrons. The molecule has 1 saturated heterocycles. The topological polar surface area (TPSA) is 84.0 Å². The zero-order chi connectivity index (χ0) is 24.8. The van der Waals surface area contributed by atoms with Crippen LogP contribution < -0.4 is 9.64 Å². The van der Waals surface area contributed by atoms with Gasteiger partial charge in [0.05, 0.1) is 12.1 Å². The van der Waals surface area contributed by atoms with E-state index in [2.05, 4.69) is 27.7 Å². The van der Waals surface area contributed by atoms with Gasteiger partial charge in [-0.1, -0.05) is 53.4 Å². The molecule has 0 N–H and O–H groups in total. The average Bonchev–Trinajstić information content (AvgIpc) is 3.18. The highest BCUT2D eigenvalue weighted by Crippen LogP contribution is 2.69. The molecule has 1 heterocycles. The number of nitrogens with zero attached hydrogens (tertiary/aromatic N) is 2. The smallest absolute Gasteiger partial charge is 0.308 e. The first kappa shape index (κ1) is 24.4. The molecule has 1 aromatic carbocycles. The Morgan fingerprint density at radius 3 is 2.00 bits per heavy atom. The molecule has 3 amide bonds. The summed E-state index contributed by atoms with van der Waals surface area (Å²) >= 11 is 0. The van der Waals surface area contributed by atoms with Crippen molar-refractivity contribution in [2.24, 2.45) is 16.7 Å². The minimum atomic E-state index is -0.775. The quantitative estimate of drug-likeness (QED) is 0.275. The maximum Gasteiger partial charge on any atom is 0.308 e. The standard InChI is InChI=1S/C27H36N2O5/c1-17(30)34-20-14-12-19(13-15-20)29-22(31)16-21(24(29)32)28(18-10-8-6-7-9-11-18)25(33)23-26(2,3)27(23,4)5/h12-15,18,21,23H,6-11,16H2,1-5H3. The van der Waals surface area contributed by atoms with E-state index in [4.69, 9.17) is 4.74 Å². The minimum absolute atomic E-state index is 0.000345. The number of benzene rings is 1. The largest absolute Gasteiger partial charge is 0.427 e. The van der Waals surface area contributed by atoms with Crippen LogP contribution in [0.15, 0.2) is 24.3 Å². The summed E-state index contributed by atoms with van der Waals surface area (Å²) in [5.41, 5.74) is 0.129. The van der Waals surface area contributed by atoms with Gasteiger partial charge in [0.2, 0.25) is 11.8 Å². The molecule has 0 bridgehead atoms. The third-order valence-electron chi connectivity index (χ3n) is 8.56. The van der Waals surface area contributed by atoms with Gasteiger partial charge >= 0.3 is 5.97 Å². The molecule has 1 aliphatic heterocycles. The third kappa shape index (κ3) is 4.14. The van der Waals surface area contributed by atoms with Crippen molar-refractivity contribution in [3.05, 3.63) is 24.3 Å². The van der Waals surface area contributed by atoms with Crippen molar-refractivity contribution in [1.82, 2.24) is 4.90 Å². The predicted molar refractivity (Wildman–Crippen MR) is 128 cm³/mol. The van der Waals surface area contributed by atoms with Crippen LogP contribution in [-0.2, 0) is 19.2 Å². The van der Waals surface area contributed by atoms with Crippen molar-refractivity contribution in [3.8, 4) is 5.75 Å². The fourth-order valence-corrected chi connectivity index (χ4v) is 6.02. The summed E-state index contributed by atoms with van der Waals surface area (Å²) in [6.07, 6.45) is 6.07. The predicted octanol–water partition coefficient (Wildman–Crippen LogP) is 4.48. The number of rotatable bonds is 5. The van der Waals surface area contributed by atoms with Crippen LogP contribution in [-0.4, -0.2) is 40.7 Å². The van der Waals surface area contributed by atoms with Gasteiger partial charge < -0.3 is 9.64 Å². The van der Waals surface area contributed by atoms with Crippen molar-refractivity contribution in [1.29, 1.82) is 0 Å². The van der Waals surface area contributed by atoms with Crippen LogP contribution in [0.3, 0.4) is 0 Å². The van der Waals surface area contributed by atoms with Crippen molar-refractivity contribution in [2.75, 3.05) is 4.90 Å². The number of anilines is 1. The Balaban J connectivity index is 1.63. The highest BCUT2D eigenvalue weighted by atomic mass is 16.5. The van der Waals surface area contributed by atoms with Gasteiger partial charge in [-0.3, -0.25) is 19.2 Å². The minimum Gasteiger partial charge on any atom is -0.427 e. The molecule has 0 spiro atoms. The summed E-state index contributed by atoms with van der Waals surface area (Å²) in [6, 6.07) is 5.53. The van der Waals surface area contributed by atoms with Crippen LogP contribution in [0.25, 0.3) is 0 Å². The zero-order valence-electron chi connectivity index (χ0n) is 20.9. The molecular formula is C27H36N2O5. The van der Waals surface area contributed by atoms with Crippen molar-refractivity contribution in [2.45, 2.75) is 91.6 Å². The van der Waals surface area contributed by atoms with Crippen LogP contribution in [0.1, 0.15) is 79.6 Å². The normalized spacial score (nSPS) is 24.6. The van der Waals surface area contributed by atoms with Crippen LogP contribution >= 0.6 is 0 Å². The van der Waals surface area contributed by atoms with Gasteiger partial charge in [-0.25, -0.2) is 4.90 Å². The molecule has 4 rings (SSSR count). The van der Waals surface area contributed by atoms with Gasteiger partial charge in [-0.15, -0.1) is 0 Å². The molecule has 2 saturated carbocycles. The molecule has 1 aromatic rings. The zero-order valence-corrected chi connectivity index (χ0v) is 20.9. The Bertz CT molecular complexity index is 975. The number of carbonyl (C=O) groups is 4. The fourth-order valence-electron chi connectivity index (χ4n) is 6.02. The lowest BCUT2D eigenvalue weighted by Crippen LogP contribution is -2.52. The lowest BCUT2D eigenvalue weighted by Gasteiger charge is -2.36. The van der Waals surface area contributed by atoms with E-state index in [1.165, 1.54) is 11.8 Å². The van der Waals surface area contributed by atoms with Gasteiger partial charge in [0, 0.05) is 18.9 Å². The summed E-state index contributed by atoms with van der Waals surface area (Å²) in [5, 5.41) is 0. The lowest BCUT2D eigenvalue weighted by atomic mass is 10.0. The summed E-state index contributed by atoms with van der Waals surface area (Å²) < 4.78 is 5.06. The second kappa shape index (κ2) is 8.82. The van der Waals surface area contributed by atoms with Crippen molar-refractivity contribution in [3.63, 3.8) is 0 Å². The van der Waals surface area contributed by atoms with Gasteiger partial charge in [0.1, 0.15) is 11.8 Å². The SMILES string of the molecule is CC(=O)Oc1ccc(N2C(=O)CC(N(C(=O)C3C(C)(C)C3(C)C)C3CCCCCC3)C2=O)cc1. The molecule has 7 nitrogen and oxygen atoms in total. The number of amides is 3. The first-order valence-electron chi connectivity index (χ1n) is 12.4. The Labute approximate surface area is 201 Å². The van der Waals surface area contributed by atoms with Crippen molar-refractivity contribution < 1.29 is 23.9 Å². The lowest BCUT2D eigenvalue weighted by molar-refractivity contribution is -0.143. The molecule has 0 aromatic heterocycles. The number of hydrogen-bond acceptors (Lipinski definition) is 5. The maximum absolute atomic E-state index is 14.0. The van der Waals surface area contributed by atoms with Crippen molar-refractivity contribution >= 4 is 29.4 Å². The van der Waals surface area contributed by atoms with Gasteiger partial charge in [0.25, 0.3) is 5.91 Å². The summed E-state index contributed by atoms with van der Waals surface area (Å²) in [6.45, 7) is 9.76. The monoisotopic (exact) mass is 468 g/mol. The van der Waals surface area contributed by atoms with Gasteiger partial charge in [0.15, 0.2) is 0 Å². The number of hydrogen-bond donors (Lipinski definition) is 0. The number of imide groups is 1. The summed E-state index contributed by atoms with van der Waals surface area (Å²) in [5.74, 6) is -0.900. The van der Waals surface area contributed by atoms with E-state index in [1.54, 1.807) is 29.2 Å². The average molecular weight is 469 g/mol. The van der Waals surface area contributed by atoms with E-state index in [0.29, 0.717) is 11.4 Å². The molecular weight excluding hydrogens is 432 g/mol. The van der Waals surface area contributed by atoms with Crippen LogP contribution in [0.4, 0.5) is 5.69 Å². The van der Waals surface area contributed by atoms with E-state index in [1.807, 2.05) is 0 Å².